The fraction of sp³-hybridized carbons (Fsp3) is 0.143. The topological polar surface area (TPSA) is 92.5 Å². The van der Waals surface area contributed by atoms with Gasteiger partial charge in [-0.1, -0.05) is 0 Å². The van der Waals surface area contributed by atoms with E-state index in [0.29, 0.717) is 5.69 Å². The Morgan fingerprint density at radius 3 is 2.77 bits per heavy atom. The molecular formula is C7H5N3O3. The van der Waals surface area contributed by atoms with E-state index in [2.05, 4.69) is 15.2 Å². The summed E-state index contributed by atoms with van der Waals surface area (Å²) in [6, 6.07) is 2.84. The van der Waals surface area contributed by atoms with E-state index in [0.717, 1.165) is 0 Å². The lowest BCUT2D eigenvalue weighted by Gasteiger charge is -1.93. The van der Waals surface area contributed by atoms with Crippen molar-refractivity contribution >= 4 is 17.9 Å². The van der Waals surface area contributed by atoms with E-state index in [1.54, 1.807) is 0 Å². The molecule has 13 heavy (non-hydrogen) atoms. The standard InChI is InChI=1S/C7H5N3O3/c11-4-8-6-2-1-5(9-10-6)3-7(12)13/h1-2H,3H2,(H,12,13). The van der Waals surface area contributed by atoms with Crippen LogP contribution >= 0.6 is 0 Å². The second kappa shape index (κ2) is 4.08. The van der Waals surface area contributed by atoms with Gasteiger partial charge in [-0.15, -0.1) is 10.1 Å². The first-order chi connectivity index (χ1) is 6.22. The van der Waals surface area contributed by atoms with E-state index in [1.165, 1.54) is 18.2 Å². The van der Waals surface area contributed by atoms with Crippen molar-refractivity contribution in [3.8, 4) is 0 Å². The van der Waals surface area contributed by atoms with E-state index < -0.39 is 5.97 Å². The number of aromatic nitrogens is 2. The maximum Gasteiger partial charge on any atom is 0.309 e. The zero-order valence-corrected chi connectivity index (χ0v) is 6.47. The van der Waals surface area contributed by atoms with Crippen molar-refractivity contribution in [1.29, 1.82) is 0 Å². The van der Waals surface area contributed by atoms with Gasteiger partial charge in [0.2, 0.25) is 6.08 Å². The maximum atomic E-state index is 10.2. The number of carbonyl (C=O) groups is 1. The molecule has 0 amide bonds. The highest BCUT2D eigenvalue weighted by Crippen LogP contribution is 2.04. The van der Waals surface area contributed by atoms with Crippen molar-refractivity contribution in [3.05, 3.63) is 17.8 Å². The van der Waals surface area contributed by atoms with Crippen LogP contribution in [0.25, 0.3) is 0 Å². The Morgan fingerprint density at radius 2 is 2.31 bits per heavy atom. The van der Waals surface area contributed by atoms with Crippen LogP contribution in [0.1, 0.15) is 5.69 Å². The minimum absolute atomic E-state index is 0.115. The molecule has 1 rings (SSSR count). The number of nitrogens with zero attached hydrogens (tertiary/aromatic N) is 3. The van der Waals surface area contributed by atoms with Crippen LogP contribution in [0.2, 0.25) is 0 Å². The maximum absolute atomic E-state index is 10.2. The Bertz CT molecular complexity index is 354. The number of aliphatic carboxylic acids is 1. The lowest BCUT2D eigenvalue weighted by Crippen LogP contribution is -2.02. The Balaban J connectivity index is 2.80. The molecule has 6 nitrogen and oxygen atoms in total. The summed E-state index contributed by atoms with van der Waals surface area (Å²) in [7, 11) is 0. The predicted molar refractivity (Wildman–Crippen MR) is 41.2 cm³/mol. The largest absolute Gasteiger partial charge is 0.481 e. The van der Waals surface area contributed by atoms with Crippen molar-refractivity contribution < 1.29 is 14.7 Å². The number of carboxylic acids is 1. The third kappa shape index (κ3) is 2.80. The molecule has 0 fully saturated rings. The first kappa shape index (κ1) is 9.02. The van der Waals surface area contributed by atoms with Gasteiger partial charge in [-0.25, -0.2) is 4.79 Å². The Labute approximate surface area is 72.9 Å². The smallest absolute Gasteiger partial charge is 0.309 e. The van der Waals surface area contributed by atoms with Gasteiger partial charge in [0.15, 0.2) is 5.82 Å². The molecule has 0 bridgehead atoms. The highest BCUT2D eigenvalue weighted by Gasteiger charge is 2.01. The summed E-state index contributed by atoms with van der Waals surface area (Å²) in [5, 5.41) is 15.4. The first-order valence-electron chi connectivity index (χ1n) is 3.34. The van der Waals surface area contributed by atoms with Crippen molar-refractivity contribution in [3.63, 3.8) is 0 Å². The Kier molecular flexibility index (Phi) is 2.83. The predicted octanol–water partition coefficient (Wildman–Crippen LogP) is 0.0710. The van der Waals surface area contributed by atoms with Gasteiger partial charge in [0.25, 0.3) is 0 Å². The molecule has 66 valence electrons. The van der Waals surface area contributed by atoms with Crippen LogP contribution in [0, 0.1) is 0 Å². The van der Waals surface area contributed by atoms with Gasteiger partial charge in [-0.05, 0) is 12.1 Å². The summed E-state index contributed by atoms with van der Waals surface area (Å²) in [6.45, 7) is 0. The molecular weight excluding hydrogens is 174 g/mol. The Hall–Kier alpha value is -2.07. The molecule has 1 aromatic heterocycles. The van der Waals surface area contributed by atoms with Crippen molar-refractivity contribution in [1.82, 2.24) is 10.2 Å². The highest BCUT2D eigenvalue weighted by atomic mass is 16.4. The average Bonchev–Trinajstić information content (AvgIpc) is 2.08. The van der Waals surface area contributed by atoms with Gasteiger partial charge in [-0.2, -0.15) is 5.10 Å². The summed E-state index contributed by atoms with van der Waals surface area (Å²) >= 11 is 0. The van der Waals surface area contributed by atoms with E-state index >= 15 is 0 Å². The number of aliphatic imine (C=N–C) groups is 1. The molecule has 1 aromatic rings. The molecule has 1 heterocycles. The summed E-state index contributed by atoms with van der Waals surface area (Å²) in [5.74, 6) is -0.870. The monoisotopic (exact) mass is 179 g/mol. The molecule has 0 aliphatic heterocycles. The van der Waals surface area contributed by atoms with E-state index in [-0.39, 0.29) is 12.2 Å². The highest BCUT2D eigenvalue weighted by molar-refractivity contribution is 5.69. The van der Waals surface area contributed by atoms with Gasteiger partial charge in [-0.3, -0.25) is 4.79 Å². The van der Waals surface area contributed by atoms with Crippen LogP contribution in [0.3, 0.4) is 0 Å². The molecule has 0 aromatic carbocycles. The third-order valence-corrected chi connectivity index (χ3v) is 1.20. The zero-order chi connectivity index (χ0) is 9.68. The number of carbonyl (C=O) groups excluding carboxylic acids is 1. The lowest BCUT2D eigenvalue weighted by molar-refractivity contribution is -0.136. The second-order valence-corrected chi connectivity index (χ2v) is 2.16. The average molecular weight is 179 g/mol. The molecule has 0 aliphatic rings. The summed E-state index contributed by atoms with van der Waals surface area (Å²) in [5.41, 5.74) is 0.317. The number of hydrogen-bond donors (Lipinski definition) is 1. The minimum atomic E-state index is -0.985. The molecule has 1 N–H and O–H groups in total. The second-order valence-electron chi connectivity index (χ2n) is 2.16. The van der Waals surface area contributed by atoms with Crippen LogP contribution in [-0.2, 0) is 16.0 Å². The number of isocyanates is 1. The summed E-state index contributed by atoms with van der Waals surface area (Å²) in [6.07, 6.45) is 1.10. The molecule has 6 heteroatoms. The molecule has 0 saturated carbocycles. The van der Waals surface area contributed by atoms with Gasteiger partial charge in [0.05, 0.1) is 12.1 Å². The number of carboxylic acid groups (broad SMARTS) is 1. The van der Waals surface area contributed by atoms with Crippen LogP contribution in [0.4, 0.5) is 5.82 Å². The molecule has 0 atom stereocenters. The van der Waals surface area contributed by atoms with Crippen LogP contribution in [-0.4, -0.2) is 27.4 Å². The van der Waals surface area contributed by atoms with Crippen LogP contribution < -0.4 is 0 Å². The van der Waals surface area contributed by atoms with Gasteiger partial charge >= 0.3 is 5.97 Å². The van der Waals surface area contributed by atoms with E-state index in [1.807, 2.05) is 0 Å². The molecule has 0 saturated heterocycles. The van der Waals surface area contributed by atoms with Crippen molar-refractivity contribution in [2.24, 2.45) is 4.99 Å². The molecule has 0 radical (unpaired) electrons. The minimum Gasteiger partial charge on any atom is -0.481 e. The van der Waals surface area contributed by atoms with Gasteiger partial charge < -0.3 is 5.11 Å². The van der Waals surface area contributed by atoms with Gasteiger partial charge in [0, 0.05) is 0 Å². The van der Waals surface area contributed by atoms with Crippen molar-refractivity contribution in [2.75, 3.05) is 0 Å². The quantitative estimate of drug-likeness (QED) is 0.523. The van der Waals surface area contributed by atoms with Crippen LogP contribution in [0.5, 0.6) is 0 Å². The summed E-state index contributed by atoms with van der Waals surface area (Å²) < 4.78 is 0. The Morgan fingerprint density at radius 1 is 1.54 bits per heavy atom. The lowest BCUT2D eigenvalue weighted by atomic mass is 10.3. The normalized spacial score (nSPS) is 8.92. The fourth-order valence-electron chi connectivity index (χ4n) is 0.708. The summed E-state index contributed by atoms with van der Waals surface area (Å²) in [4.78, 5) is 23.2. The molecule has 0 aliphatic carbocycles. The first-order valence-corrected chi connectivity index (χ1v) is 3.34. The van der Waals surface area contributed by atoms with Crippen LogP contribution in [0.15, 0.2) is 17.1 Å². The van der Waals surface area contributed by atoms with Gasteiger partial charge in [0.1, 0.15) is 0 Å². The number of hydrogen-bond acceptors (Lipinski definition) is 5. The third-order valence-electron chi connectivity index (χ3n) is 1.20. The fourth-order valence-corrected chi connectivity index (χ4v) is 0.708. The van der Waals surface area contributed by atoms with Crippen molar-refractivity contribution in [2.45, 2.75) is 6.42 Å². The molecule has 0 spiro atoms. The molecule has 0 unspecified atom stereocenters. The number of rotatable bonds is 3. The SMILES string of the molecule is O=C=Nc1ccc(CC(=O)O)nn1. The van der Waals surface area contributed by atoms with E-state index in [9.17, 15) is 9.59 Å². The van der Waals surface area contributed by atoms with E-state index in [4.69, 9.17) is 5.11 Å². The zero-order valence-electron chi connectivity index (χ0n) is 6.47.